The van der Waals surface area contributed by atoms with E-state index in [2.05, 4.69) is 11.9 Å². The molecule has 0 fully saturated rings. The van der Waals surface area contributed by atoms with Gasteiger partial charge in [0.2, 0.25) is 0 Å². The predicted molar refractivity (Wildman–Crippen MR) is 57.3 cm³/mol. The molecule has 0 unspecified atom stereocenters. The zero-order valence-corrected chi connectivity index (χ0v) is 8.12. The van der Waals surface area contributed by atoms with Crippen LogP contribution in [0.3, 0.4) is 0 Å². The number of hydrogen-bond acceptors (Lipinski definition) is 1. The summed E-state index contributed by atoms with van der Waals surface area (Å²) in [5.74, 6) is 0.324. The van der Waals surface area contributed by atoms with Crippen LogP contribution in [0.15, 0.2) is 36.5 Å². The average Bonchev–Trinajstić information content (AvgIpc) is 2.71. The van der Waals surface area contributed by atoms with Gasteiger partial charge in [-0.1, -0.05) is 13.0 Å². The molecule has 2 rings (SSSR count). The Morgan fingerprint density at radius 3 is 2.79 bits per heavy atom. The van der Waals surface area contributed by atoms with Gasteiger partial charge in [-0.05, 0) is 36.2 Å². The van der Waals surface area contributed by atoms with Crippen molar-refractivity contribution in [3.05, 3.63) is 42.1 Å². The maximum Gasteiger partial charge on any atom is 0.124 e. The fourth-order valence-electron chi connectivity index (χ4n) is 1.52. The van der Waals surface area contributed by atoms with Crippen molar-refractivity contribution in [1.82, 2.24) is 4.98 Å². The Bertz CT molecular complexity index is 418. The molecule has 0 radical (unpaired) electrons. The van der Waals surface area contributed by atoms with Crippen molar-refractivity contribution in [2.75, 3.05) is 0 Å². The summed E-state index contributed by atoms with van der Waals surface area (Å²) in [6, 6.07) is 9.58. The maximum atomic E-state index is 9.68. The second-order valence-electron chi connectivity index (χ2n) is 3.29. The van der Waals surface area contributed by atoms with Crippen molar-refractivity contribution in [2.45, 2.75) is 13.3 Å². The zero-order valence-electron chi connectivity index (χ0n) is 8.12. The molecule has 14 heavy (non-hydrogen) atoms. The first-order chi connectivity index (χ1) is 6.81. The molecular formula is C12H13NO. The number of phenols is 1. The van der Waals surface area contributed by atoms with Crippen LogP contribution in [0.2, 0.25) is 0 Å². The molecule has 0 bridgehead atoms. The predicted octanol–water partition coefficient (Wildman–Crippen LogP) is 2.95. The number of hydrogen-bond donors (Lipinski definition) is 2. The van der Waals surface area contributed by atoms with E-state index in [1.165, 1.54) is 5.56 Å². The number of H-pyrrole nitrogens is 1. The number of aromatic hydroxyl groups is 1. The normalized spacial score (nSPS) is 10.4. The molecule has 2 N–H and O–H groups in total. The topological polar surface area (TPSA) is 36.0 Å². The van der Waals surface area contributed by atoms with E-state index in [-0.39, 0.29) is 0 Å². The molecule has 1 aromatic heterocycles. The molecule has 0 aliphatic carbocycles. The lowest BCUT2D eigenvalue weighted by atomic mass is 10.1. The summed E-state index contributed by atoms with van der Waals surface area (Å²) in [6.45, 7) is 2.10. The van der Waals surface area contributed by atoms with Gasteiger partial charge in [-0.2, -0.15) is 0 Å². The third kappa shape index (κ3) is 1.51. The molecule has 0 aliphatic heterocycles. The zero-order chi connectivity index (χ0) is 9.97. The van der Waals surface area contributed by atoms with E-state index in [1.807, 2.05) is 30.5 Å². The number of phenolic OH excluding ortho intramolecular Hbond substituents is 1. The molecule has 2 heteroatoms. The minimum Gasteiger partial charge on any atom is -0.507 e. The van der Waals surface area contributed by atoms with Crippen LogP contribution in [0.1, 0.15) is 12.5 Å². The molecule has 2 nitrogen and oxygen atoms in total. The van der Waals surface area contributed by atoms with E-state index in [0.717, 1.165) is 17.7 Å². The summed E-state index contributed by atoms with van der Waals surface area (Å²) in [5, 5.41) is 9.68. The molecular weight excluding hydrogens is 174 g/mol. The van der Waals surface area contributed by atoms with Gasteiger partial charge in [0.05, 0.1) is 0 Å². The Hall–Kier alpha value is -1.70. The molecule has 0 atom stereocenters. The second kappa shape index (κ2) is 3.58. The maximum absolute atomic E-state index is 9.68. The lowest BCUT2D eigenvalue weighted by Crippen LogP contribution is -1.83. The Kier molecular flexibility index (Phi) is 2.27. The SMILES string of the molecule is CCc1ccc(O)c(-c2ccc[nH]2)c1. The van der Waals surface area contributed by atoms with E-state index in [9.17, 15) is 5.11 Å². The molecule has 0 saturated heterocycles. The summed E-state index contributed by atoms with van der Waals surface area (Å²) in [4.78, 5) is 3.09. The Labute approximate surface area is 83.2 Å². The smallest absolute Gasteiger partial charge is 0.124 e. The lowest BCUT2D eigenvalue weighted by Gasteiger charge is -2.04. The molecule has 1 heterocycles. The van der Waals surface area contributed by atoms with Crippen LogP contribution in [0.25, 0.3) is 11.3 Å². The third-order valence-electron chi connectivity index (χ3n) is 2.36. The average molecular weight is 187 g/mol. The summed E-state index contributed by atoms with van der Waals surface area (Å²) >= 11 is 0. The van der Waals surface area contributed by atoms with Crippen LogP contribution in [0.5, 0.6) is 5.75 Å². The lowest BCUT2D eigenvalue weighted by molar-refractivity contribution is 0.477. The molecule has 0 spiro atoms. The van der Waals surface area contributed by atoms with Crippen LogP contribution in [0.4, 0.5) is 0 Å². The van der Waals surface area contributed by atoms with Gasteiger partial charge in [-0.3, -0.25) is 0 Å². The molecule has 1 aromatic carbocycles. The summed E-state index contributed by atoms with van der Waals surface area (Å²) in [6.07, 6.45) is 2.83. The van der Waals surface area contributed by atoms with Crippen molar-refractivity contribution in [1.29, 1.82) is 0 Å². The number of nitrogens with one attached hydrogen (secondary N) is 1. The molecule has 2 aromatic rings. The van der Waals surface area contributed by atoms with Crippen molar-refractivity contribution >= 4 is 0 Å². The quantitative estimate of drug-likeness (QED) is 0.745. The van der Waals surface area contributed by atoms with E-state index in [1.54, 1.807) is 6.07 Å². The van der Waals surface area contributed by atoms with Gasteiger partial charge in [0.15, 0.2) is 0 Å². The van der Waals surface area contributed by atoms with Crippen molar-refractivity contribution in [3.8, 4) is 17.0 Å². The number of aryl methyl sites for hydroxylation is 1. The summed E-state index contributed by atoms with van der Waals surface area (Å²) < 4.78 is 0. The monoisotopic (exact) mass is 187 g/mol. The highest BCUT2D eigenvalue weighted by Crippen LogP contribution is 2.28. The standard InChI is InChI=1S/C12H13NO/c1-2-9-5-6-12(14)10(8-9)11-4-3-7-13-11/h3-8,13-14H,2H2,1H3. The largest absolute Gasteiger partial charge is 0.507 e. The molecule has 0 saturated carbocycles. The van der Waals surface area contributed by atoms with Crippen LogP contribution in [0, 0.1) is 0 Å². The van der Waals surface area contributed by atoms with Gasteiger partial charge >= 0.3 is 0 Å². The minimum absolute atomic E-state index is 0.324. The minimum atomic E-state index is 0.324. The third-order valence-corrected chi connectivity index (χ3v) is 2.36. The molecule has 0 amide bonds. The first-order valence-corrected chi connectivity index (χ1v) is 4.77. The first kappa shape index (κ1) is 8.88. The van der Waals surface area contributed by atoms with Gasteiger partial charge in [0.25, 0.3) is 0 Å². The molecule has 0 aliphatic rings. The highest BCUT2D eigenvalue weighted by molar-refractivity contribution is 5.67. The summed E-state index contributed by atoms with van der Waals surface area (Å²) in [7, 11) is 0. The fourth-order valence-corrected chi connectivity index (χ4v) is 1.52. The van der Waals surface area contributed by atoms with Crippen molar-refractivity contribution < 1.29 is 5.11 Å². The second-order valence-corrected chi connectivity index (χ2v) is 3.29. The van der Waals surface area contributed by atoms with E-state index in [4.69, 9.17) is 0 Å². The first-order valence-electron chi connectivity index (χ1n) is 4.77. The van der Waals surface area contributed by atoms with Crippen LogP contribution >= 0.6 is 0 Å². The van der Waals surface area contributed by atoms with Gasteiger partial charge in [-0.25, -0.2) is 0 Å². The Balaban J connectivity index is 2.51. The van der Waals surface area contributed by atoms with Crippen LogP contribution < -0.4 is 0 Å². The van der Waals surface area contributed by atoms with Gasteiger partial charge < -0.3 is 10.1 Å². The molecule has 72 valence electrons. The number of aromatic nitrogens is 1. The van der Waals surface area contributed by atoms with E-state index in [0.29, 0.717) is 5.75 Å². The van der Waals surface area contributed by atoms with E-state index >= 15 is 0 Å². The van der Waals surface area contributed by atoms with Crippen LogP contribution in [-0.2, 0) is 6.42 Å². The Morgan fingerprint density at radius 2 is 2.14 bits per heavy atom. The number of rotatable bonds is 2. The van der Waals surface area contributed by atoms with Crippen molar-refractivity contribution in [3.63, 3.8) is 0 Å². The van der Waals surface area contributed by atoms with E-state index < -0.39 is 0 Å². The number of aromatic amines is 1. The Morgan fingerprint density at radius 1 is 1.29 bits per heavy atom. The van der Waals surface area contributed by atoms with Crippen molar-refractivity contribution in [2.24, 2.45) is 0 Å². The summed E-state index contributed by atoms with van der Waals surface area (Å²) in [5.41, 5.74) is 3.06. The highest BCUT2D eigenvalue weighted by atomic mass is 16.3. The van der Waals surface area contributed by atoms with Gasteiger partial charge in [-0.15, -0.1) is 0 Å². The highest BCUT2D eigenvalue weighted by Gasteiger charge is 2.04. The van der Waals surface area contributed by atoms with Gasteiger partial charge in [0.1, 0.15) is 5.75 Å². The van der Waals surface area contributed by atoms with Crippen LogP contribution in [-0.4, -0.2) is 10.1 Å². The fraction of sp³-hybridized carbons (Fsp3) is 0.167. The number of benzene rings is 1. The van der Waals surface area contributed by atoms with Gasteiger partial charge in [0, 0.05) is 17.5 Å².